The second kappa shape index (κ2) is 5.07. The van der Waals surface area contributed by atoms with Crippen molar-refractivity contribution in [1.29, 1.82) is 0 Å². The largest absolute Gasteiger partial charge is 0.497 e. The first-order chi connectivity index (χ1) is 7.88. The van der Waals surface area contributed by atoms with Crippen molar-refractivity contribution in [2.75, 3.05) is 7.11 Å². The zero-order valence-electron chi connectivity index (χ0n) is 9.00. The summed E-state index contributed by atoms with van der Waals surface area (Å²) in [5.74, 6) is 0.782. The summed E-state index contributed by atoms with van der Waals surface area (Å²) in [4.78, 5) is 8.48. The molecule has 0 aliphatic heterocycles. The van der Waals surface area contributed by atoms with Gasteiger partial charge in [0.1, 0.15) is 5.75 Å². The topological polar surface area (TPSA) is 34.5 Å². The van der Waals surface area contributed by atoms with Gasteiger partial charge in [0.25, 0.3) is 0 Å². The Morgan fingerprint density at radius 1 is 1.19 bits per heavy atom. The first-order valence-electron chi connectivity index (χ1n) is 4.97. The number of nitrogens with zero attached hydrogens (tertiary/aromatic N) is 2. The number of ether oxygens (including phenoxy) is 1. The highest BCUT2D eigenvalue weighted by atomic mass is 16.5. The molecule has 0 atom stereocenters. The van der Waals surface area contributed by atoms with Gasteiger partial charge in [0, 0.05) is 12.3 Å². The Kier molecular flexibility index (Phi) is 3.28. The van der Waals surface area contributed by atoms with Crippen molar-refractivity contribution in [3.8, 4) is 5.75 Å². The predicted molar refractivity (Wildman–Crippen MR) is 64.5 cm³/mol. The molecule has 0 bridgehead atoms. The molecule has 80 valence electrons. The zero-order chi connectivity index (χ0) is 11.2. The van der Waals surface area contributed by atoms with E-state index in [0.717, 1.165) is 17.1 Å². The van der Waals surface area contributed by atoms with E-state index in [1.54, 1.807) is 25.6 Å². The van der Waals surface area contributed by atoms with Crippen LogP contribution in [0.4, 0.5) is 5.69 Å². The van der Waals surface area contributed by atoms with Crippen molar-refractivity contribution in [2.45, 2.75) is 0 Å². The van der Waals surface area contributed by atoms with Gasteiger partial charge in [-0.1, -0.05) is 18.2 Å². The first-order valence-corrected chi connectivity index (χ1v) is 4.97. The third kappa shape index (κ3) is 2.67. The minimum absolute atomic E-state index is 0.781. The molecule has 3 nitrogen and oxygen atoms in total. The number of rotatable bonds is 3. The van der Waals surface area contributed by atoms with Crippen LogP contribution in [0.25, 0.3) is 0 Å². The molecule has 2 aromatic rings. The average molecular weight is 212 g/mol. The number of aromatic nitrogens is 1. The van der Waals surface area contributed by atoms with Crippen molar-refractivity contribution in [3.63, 3.8) is 0 Å². The van der Waals surface area contributed by atoms with Gasteiger partial charge in [-0.3, -0.25) is 9.98 Å². The van der Waals surface area contributed by atoms with E-state index in [1.165, 1.54) is 0 Å². The summed E-state index contributed by atoms with van der Waals surface area (Å²) in [6.45, 7) is 0. The van der Waals surface area contributed by atoms with Gasteiger partial charge in [0.05, 0.1) is 24.7 Å². The summed E-state index contributed by atoms with van der Waals surface area (Å²) in [6.07, 6.45) is 3.42. The highest BCUT2D eigenvalue weighted by Crippen LogP contribution is 2.11. The van der Waals surface area contributed by atoms with E-state index in [9.17, 15) is 0 Å². The Balaban J connectivity index is 2.17. The third-order valence-electron chi connectivity index (χ3n) is 2.09. The maximum absolute atomic E-state index is 5.11. The summed E-state index contributed by atoms with van der Waals surface area (Å²) in [7, 11) is 1.63. The van der Waals surface area contributed by atoms with Crippen LogP contribution in [0.3, 0.4) is 0 Å². The fourth-order valence-corrected chi connectivity index (χ4v) is 1.28. The lowest BCUT2D eigenvalue weighted by atomic mass is 10.3. The predicted octanol–water partition coefficient (Wildman–Crippen LogP) is 2.84. The Labute approximate surface area is 94.4 Å². The maximum atomic E-state index is 5.11. The van der Waals surface area contributed by atoms with Gasteiger partial charge in [0.15, 0.2) is 0 Å². The number of para-hydroxylation sites is 1. The molecular weight excluding hydrogens is 200 g/mol. The molecule has 0 aliphatic carbocycles. The fourth-order valence-electron chi connectivity index (χ4n) is 1.28. The molecule has 0 unspecified atom stereocenters. The second-order valence-corrected chi connectivity index (χ2v) is 3.21. The number of hydrogen-bond acceptors (Lipinski definition) is 3. The number of methoxy groups -OCH3 is 1. The molecule has 2 rings (SSSR count). The van der Waals surface area contributed by atoms with Gasteiger partial charge in [0.2, 0.25) is 0 Å². The number of benzene rings is 1. The van der Waals surface area contributed by atoms with Crippen molar-refractivity contribution < 1.29 is 4.74 Å². The third-order valence-corrected chi connectivity index (χ3v) is 2.09. The molecule has 16 heavy (non-hydrogen) atoms. The Hall–Kier alpha value is -2.16. The lowest BCUT2D eigenvalue weighted by molar-refractivity contribution is 0.414. The van der Waals surface area contributed by atoms with Crippen LogP contribution in [-0.2, 0) is 0 Å². The quantitative estimate of drug-likeness (QED) is 0.733. The van der Waals surface area contributed by atoms with Crippen LogP contribution in [0.2, 0.25) is 0 Å². The molecule has 0 amide bonds. The van der Waals surface area contributed by atoms with Crippen LogP contribution in [0.15, 0.2) is 53.7 Å². The van der Waals surface area contributed by atoms with Crippen LogP contribution in [0, 0.1) is 0 Å². The summed E-state index contributed by atoms with van der Waals surface area (Å²) < 4.78 is 5.11. The Bertz CT molecular complexity index is 480. The molecule has 0 fully saturated rings. The normalized spacial score (nSPS) is 10.6. The summed E-state index contributed by atoms with van der Waals surface area (Å²) >= 11 is 0. The van der Waals surface area contributed by atoms with E-state index < -0.39 is 0 Å². The monoisotopic (exact) mass is 212 g/mol. The standard InChI is InChI=1S/C13H12N2O/c1-16-13-7-8-14-12(9-13)10-15-11-5-3-2-4-6-11/h2-10H,1H3. The molecule has 3 heteroatoms. The number of hydrogen-bond donors (Lipinski definition) is 0. The molecule has 0 aliphatic rings. The minimum Gasteiger partial charge on any atom is -0.497 e. The van der Waals surface area contributed by atoms with Crippen molar-refractivity contribution in [2.24, 2.45) is 4.99 Å². The van der Waals surface area contributed by atoms with E-state index in [2.05, 4.69) is 9.98 Å². The van der Waals surface area contributed by atoms with Gasteiger partial charge in [-0.05, 0) is 18.2 Å². The van der Waals surface area contributed by atoms with Crippen molar-refractivity contribution in [1.82, 2.24) is 4.98 Å². The molecule has 0 saturated carbocycles. The van der Waals surface area contributed by atoms with E-state index >= 15 is 0 Å². The molecule has 1 aromatic heterocycles. The zero-order valence-corrected chi connectivity index (χ0v) is 9.00. The van der Waals surface area contributed by atoms with Crippen LogP contribution in [-0.4, -0.2) is 18.3 Å². The molecule has 1 heterocycles. The molecule has 0 saturated heterocycles. The molecular formula is C13H12N2O. The molecule has 0 radical (unpaired) electrons. The van der Waals surface area contributed by atoms with Crippen molar-refractivity contribution >= 4 is 11.9 Å². The van der Waals surface area contributed by atoms with E-state index in [4.69, 9.17) is 4.74 Å². The Morgan fingerprint density at radius 3 is 2.75 bits per heavy atom. The van der Waals surface area contributed by atoms with Gasteiger partial charge < -0.3 is 4.74 Å². The number of aliphatic imine (C=N–C) groups is 1. The lowest BCUT2D eigenvalue weighted by Crippen LogP contribution is -1.89. The highest BCUT2D eigenvalue weighted by Gasteiger charge is 1.93. The SMILES string of the molecule is COc1ccnc(C=Nc2ccccc2)c1. The van der Waals surface area contributed by atoms with Gasteiger partial charge in [-0.2, -0.15) is 0 Å². The number of pyridine rings is 1. The Morgan fingerprint density at radius 2 is 2.00 bits per heavy atom. The van der Waals surface area contributed by atoms with Crippen LogP contribution < -0.4 is 4.74 Å². The summed E-state index contributed by atoms with van der Waals surface area (Å²) in [5, 5.41) is 0. The summed E-state index contributed by atoms with van der Waals surface area (Å²) in [5.41, 5.74) is 1.69. The van der Waals surface area contributed by atoms with E-state index in [-0.39, 0.29) is 0 Å². The second-order valence-electron chi connectivity index (χ2n) is 3.21. The molecule has 0 N–H and O–H groups in total. The minimum atomic E-state index is 0.781. The fraction of sp³-hybridized carbons (Fsp3) is 0.0769. The maximum Gasteiger partial charge on any atom is 0.122 e. The summed E-state index contributed by atoms with van der Waals surface area (Å²) in [6, 6.07) is 13.4. The van der Waals surface area contributed by atoms with Crippen LogP contribution in [0.1, 0.15) is 5.69 Å². The smallest absolute Gasteiger partial charge is 0.122 e. The average Bonchev–Trinajstić information content (AvgIpc) is 2.38. The van der Waals surface area contributed by atoms with Crippen LogP contribution in [0.5, 0.6) is 5.75 Å². The van der Waals surface area contributed by atoms with Crippen molar-refractivity contribution in [3.05, 3.63) is 54.4 Å². The van der Waals surface area contributed by atoms with E-state index in [0.29, 0.717) is 0 Å². The lowest BCUT2D eigenvalue weighted by Gasteiger charge is -1.98. The van der Waals surface area contributed by atoms with Crippen LogP contribution >= 0.6 is 0 Å². The highest BCUT2D eigenvalue weighted by molar-refractivity contribution is 5.79. The van der Waals surface area contributed by atoms with Gasteiger partial charge in [-0.15, -0.1) is 0 Å². The van der Waals surface area contributed by atoms with Gasteiger partial charge in [-0.25, -0.2) is 0 Å². The van der Waals surface area contributed by atoms with Gasteiger partial charge >= 0.3 is 0 Å². The molecule has 0 spiro atoms. The van der Waals surface area contributed by atoms with E-state index in [1.807, 2.05) is 36.4 Å². The molecule has 1 aromatic carbocycles. The first kappa shape index (κ1) is 10.4.